The molecule has 0 unspecified atom stereocenters. The molecule has 62 valence electrons. The van der Waals surface area contributed by atoms with Crippen molar-refractivity contribution in [1.29, 1.82) is 5.26 Å². The van der Waals surface area contributed by atoms with E-state index in [1.807, 2.05) is 35.7 Å². The number of benzene rings is 1. The minimum absolute atomic E-state index is 0.778. The second kappa shape index (κ2) is 3.46. The molecular formula is C10H6N2S. The minimum atomic E-state index is 0.778. The van der Waals surface area contributed by atoms with Gasteiger partial charge in [0.15, 0.2) is 0 Å². The lowest BCUT2D eigenvalue weighted by molar-refractivity contribution is 1.18. The normalized spacial score (nSPS) is 9.77. The number of pyridine rings is 1. The van der Waals surface area contributed by atoms with E-state index in [-0.39, 0.29) is 0 Å². The largest absolute Gasteiger partial charge is 0.248 e. The fraction of sp³-hybridized carbons (Fsp3) is 0. The van der Waals surface area contributed by atoms with Gasteiger partial charge in [0.2, 0.25) is 0 Å². The highest BCUT2D eigenvalue weighted by atomic mass is 32.2. The van der Waals surface area contributed by atoms with Crippen molar-refractivity contribution in [3.8, 4) is 5.40 Å². The van der Waals surface area contributed by atoms with Gasteiger partial charge in [-0.05, 0) is 11.5 Å². The molecule has 1 aromatic heterocycles. The number of thiocyanates is 1. The Morgan fingerprint density at radius 3 is 2.92 bits per heavy atom. The van der Waals surface area contributed by atoms with E-state index in [0.29, 0.717) is 0 Å². The quantitative estimate of drug-likeness (QED) is 0.507. The third kappa shape index (κ3) is 1.49. The molecule has 0 N–H and O–H groups in total. The number of fused-ring (bicyclic) bond motifs is 1. The Labute approximate surface area is 80.2 Å². The molecule has 0 radical (unpaired) electrons. The van der Waals surface area contributed by atoms with Gasteiger partial charge in [-0.25, -0.2) is 4.98 Å². The van der Waals surface area contributed by atoms with E-state index in [2.05, 4.69) is 4.98 Å². The average Bonchev–Trinajstić information content (AvgIpc) is 2.19. The SMILES string of the molecule is N#CSc1nccc2ccccc12. The van der Waals surface area contributed by atoms with Crippen molar-refractivity contribution in [2.24, 2.45) is 0 Å². The molecule has 1 heterocycles. The molecular weight excluding hydrogens is 180 g/mol. The van der Waals surface area contributed by atoms with Crippen molar-refractivity contribution in [3.63, 3.8) is 0 Å². The summed E-state index contributed by atoms with van der Waals surface area (Å²) in [6.07, 6.45) is 1.72. The Morgan fingerprint density at radius 1 is 1.23 bits per heavy atom. The van der Waals surface area contributed by atoms with Crippen LogP contribution in [0.15, 0.2) is 41.6 Å². The highest BCUT2D eigenvalue weighted by Gasteiger charge is 2.00. The predicted molar refractivity (Wildman–Crippen MR) is 53.2 cm³/mol. The van der Waals surface area contributed by atoms with E-state index in [4.69, 9.17) is 5.26 Å². The molecule has 2 aromatic rings. The standard InChI is InChI=1S/C10H6N2S/c11-7-13-10-9-4-2-1-3-8(9)5-6-12-10/h1-6H. The van der Waals surface area contributed by atoms with Gasteiger partial charge in [0.25, 0.3) is 0 Å². The first-order valence-electron chi connectivity index (χ1n) is 3.81. The van der Waals surface area contributed by atoms with Crippen LogP contribution in [-0.2, 0) is 0 Å². The number of aromatic nitrogens is 1. The third-order valence-corrected chi connectivity index (χ3v) is 2.39. The summed E-state index contributed by atoms with van der Waals surface area (Å²) in [4.78, 5) is 4.14. The molecule has 0 aliphatic carbocycles. The highest BCUT2D eigenvalue weighted by molar-refractivity contribution is 8.03. The molecule has 2 nitrogen and oxygen atoms in total. The fourth-order valence-electron chi connectivity index (χ4n) is 1.22. The zero-order chi connectivity index (χ0) is 9.10. The van der Waals surface area contributed by atoms with Crippen LogP contribution >= 0.6 is 11.8 Å². The fourth-order valence-corrected chi connectivity index (χ4v) is 1.71. The summed E-state index contributed by atoms with van der Waals surface area (Å²) in [6.45, 7) is 0. The van der Waals surface area contributed by atoms with Crippen LogP contribution in [0.25, 0.3) is 10.8 Å². The van der Waals surface area contributed by atoms with E-state index in [9.17, 15) is 0 Å². The zero-order valence-electron chi connectivity index (χ0n) is 6.77. The summed E-state index contributed by atoms with van der Waals surface area (Å²) in [6, 6.07) is 9.85. The molecule has 0 fully saturated rings. The summed E-state index contributed by atoms with van der Waals surface area (Å²) < 4.78 is 0. The molecule has 0 spiro atoms. The summed E-state index contributed by atoms with van der Waals surface area (Å²) >= 11 is 1.10. The molecule has 0 aliphatic rings. The van der Waals surface area contributed by atoms with Gasteiger partial charge in [-0.1, -0.05) is 24.3 Å². The van der Waals surface area contributed by atoms with Crippen LogP contribution in [0.5, 0.6) is 0 Å². The first-order chi connectivity index (χ1) is 6.42. The Hall–Kier alpha value is -1.53. The summed E-state index contributed by atoms with van der Waals surface area (Å²) in [5, 5.41) is 13.5. The maximum absolute atomic E-state index is 8.55. The van der Waals surface area contributed by atoms with Gasteiger partial charge in [0.1, 0.15) is 10.4 Å². The Kier molecular flexibility index (Phi) is 2.15. The van der Waals surface area contributed by atoms with Gasteiger partial charge in [-0.2, -0.15) is 5.26 Å². The molecule has 3 heteroatoms. The highest BCUT2D eigenvalue weighted by Crippen LogP contribution is 2.24. The van der Waals surface area contributed by atoms with Crippen LogP contribution in [0.3, 0.4) is 0 Å². The summed E-state index contributed by atoms with van der Waals surface area (Å²) in [5.74, 6) is 0. The monoisotopic (exact) mass is 186 g/mol. The molecule has 0 bridgehead atoms. The van der Waals surface area contributed by atoms with Crippen LogP contribution in [0, 0.1) is 10.7 Å². The minimum Gasteiger partial charge on any atom is -0.248 e. The smallest absolute Gasteiger partial charge is 0.140 e. The van der Waals surface area contributed by atoms with Gasteiger partial charge in [0, 0.05) is 23.3 Å². The average molecular weight is 186 g/mol. The molecule has 0 atom stereocenters. The first-order valence-corrected chi connectivity index (χ1v) is 4.63. The first kappa shape index (κ1) is 8.09. The van der Waals surface area contributed by atoms with Crippen molar-refractivity contribution >= 4 is 22.5 Å². The number of thioether (sulfide) groups is 1. The number of nitriles is 1. The Morgan fingerprint density at radius 2 is 2.08 bits per heavy atom. The van der Waals surface area contributed by atoms with Crippen LogP contribution in [-0.4, -0.2) is 4.98 Å². The lowest BCUT2D eigenvalue weighted by Gasteiger charge is -1.99. The Balaban J connectivity index is 2.70. The maximum Gasteiger partial charge on any atom is 0.140 e. The van der Waals surface area contributed by atoms with E-state index in [1.165, 1.54) is 0 Å². The molecule has 0 amide bonds. The second-order valence-corrected chi connectivity index (χ2v) is 3.30. The van der Waals surface area contributed by atoms with E-state index < -0.39 is 0 Å². The number of rotatable bonds is 1. The van der Waals surface area contributed by atoms with Gasteiger partial charge >= 0.3 is 0 Å². The topological polar surface area (TPSA) is 36.7 Å². The summed E-state index contributed by atoms with van der Waals surface area (Å²) in [5.41, 5.74) is 0. The van der Waals surface area contributed by atoms with Crippen molar-refractivity contribution < 1.29 is 0 Å². The van der Waals surface area contributed by atoms with Gasteiger partial charge < -0.3 is 0 Å². The number of nitrogens with zero attached hydrogens (tertiary/aromatic N) is 2. The molecule has 13 heavy (non-hydrogen) atoms. The van der Waals surface area contributed by atoms with Gasteiger partial charge in [0.05, 0.1) is 0 Å². The van der Waals surface area contributed by atoms with Crippen molar-refractivity contribution in [1.82, 2.24) is 4.98 Å². The number of hydrogen-bond acceptors (Lipinski definition) is 3. The van der Waals surface area contributed by atoms with Gasteiger partial charge in [-0.15, -0.1) is 0 Å². The predicted octanol–water partition coefficient (Wildman–Crippen LogP) is 2.81. The van der Waals surface area contributed by atoms with Gasteiger partial charge in [-0.3, -0.25) is 0 Å². The van der Waals surface area contributed by atoms with Crippen LogP contribution < -0.4 is 0 Å². The second-order valence-electron chi connectivity index (χ2n) is 2.53. The molecule has 2 rings (SSSR count). The van der Waals surface area contributed by atoms with Crippen LogP contribution in [0.1, 0.15) is 0 Å². The Bertz CT molecular complexity index is 468. The number of hydrogen-bond donors (Lipinski definition) is 0. The lowest BCUT2D eigenvalue weighted by atomic mass is 10.2. The molecule has 0 aliphatic heterocycles. The van der Waals surface area contributed by atoms with E-state index >= 15 is 0 Å². The molecule has 0 saturated heterocycles. The van der Waals surface area contributed by atoms with Crippen LogP contribution in [0.4, 0.5) is 0 Å². The van der Waals surface area contributed by atoms with Crippen molar-refractivity contribution in [2.75, 3.05) is 0 Å². The van der Waals surface area contributed by atoms with Crippen molar-refractivity contribution in [2.45, 2.75) is 5.03 Å². The lowest BCUT2D eigenvalue weighted by Crippen LogP contribution is -1.80. The van der Waals surface area contributed by atoms with E-state index in [1.54, 1.807) is 6.20 Å². The zero-order valence-corrected chi connectivity index (χ0v) is 7.58. The van der Waals surface area contributed by atoms with Crippen LogP contribution in [0.2, 0.25) is 0 Å². The molecule has 1 aromatic carbocycles. The third-order valence-electron chi connectivity index (χ3n) is 1.78. The summed E-state index contributed by atoms with van der Waals surface area (Å²) in [7, 11) is 0. The maximum atomic E-state index is 8.55. The van der Waals surface area contributed by atoms with E-state index in [0.717, 1.165) is 27.6 Å². The van der Waals surface area contributed by atoms with Crippen molar-refractivity contribution in [3.05, 3.63) is 36.5 Å². The molecule has 0 saturated carbocycles.